The molecule has 12 heavy (non-hydrogen) atoms. The Balaban J connectivity index is 4.22. The van der Waals surface area contributed by atoms with Crippen LogP contribution < -0.4 is 0 Å². The molecule has 2 heteroatoms. The van der Waals surface area contributed by atoms with Gasteiger partial charge in [0.25, 0.3) is 0 Å². The first-order valence-corrected chi connectivity index (χ1v) is 5.89. The molecule has 0 fully saturated rings. The van der Waals surface area contributed by atoms with Gasteiger partial charge in [-0.15, -0.1) is 0 Å². The number of hydrogen-bond acceptors (Lipinski definition) is 1. The molecular weight excluding hydrogens is 168 g/mol. The normalized spacial score (nSPS) is 16.2. The molecular formula is C10H22OS. The Morgan fingerprint density at radius 1 is 1.08 bits per heavy atom. The van der Waals surface area contributed by atoms with Crippen LogP contribution in [0.4, 0.5) is 0 Å². The van der Waals surface area contributed by atoms with E-state index in [0.29, 0.717) is 0 Å². The highest BCUT2D eigenvalue weighted by Crippen LogP contribution is 2.32. The Morgan fingerprint density at radius 3 is 1.75 bits per heavy atom. The highest BCUT2D eigenvalue weighted by atomic mass is 32.2. The maximum absolute atomic E-state index is 11.6. The molecule has 0 aromatic rings. The molecule has 0 aliphatic heterocycles. The fourth-order valence-electron chi connectivity index (χ4n) is 1.75. The van der Waals surface area contributed by atoms with Gasteiger partial charge in [-0.1, -0.05) is 20.8 Å². The van der Waals surface area contributed by atoms with E-state index in [-0.39, 0.29) is 10.2 Å². The lowest BCUT2D eigenvalue weighted by atomic mass is 9.86. The summed E-state index contributed by atoms with van der Waals surface area (Å²) < 4.78 is 11.6. The molecule has 0 aliphatic carbocycles. The molecule has 0 spiro atoms. The lowest BCUT2D eigenvalue weighted by Gasteiger charge is -2.33. The molecule has 1 nitrogen and oxygen atoms in total. The first-order valence-electron chi connectivity index (χ1n) is 4.57. The summed E-state index contributed by atoms with van der Waals surface area (Å²) in [6.45, 7) is 12.8. The van der Waals surface area contributed by atoms with Crippen molar-refractivity contribution in [3.05, 3.63) is 0 Å². The molecule has 74 valence electrons. The second-order valence-electron chi connectivity index (χ2n) is 5.13. The van der Waals surface area contributed by atoms with Crippen LogP contribution in [-0.2, 0) is 11.2 Å². The van der Waals surface area contributed by atoms with Crippen LogP contribution in [-0.4, -0.2) is 15.1 Å². The van der Waals surface area contributed by atoms with Crippen molar-refractivity contribution in [3.8, 4) is 0 Å². The first-order chi connectivity index (χ1) is 5.19. The third kappa shape index (κ3) is 4.36. The zero-order valence-corrected chi connectivity index (χ0v) is 10.0. The van der Waals surface area contributed by atoms with Crippen molar-refractivity contribution in [2.24, 2.45) is 5.41 Å². The SMILES string of the molecule is CC[S+]([O-])C(C)(C)CC(C)(C)C. The molecule has 0 bridgehead atoms. The Morgan fingerprint density at radius 2 is 1.50 bits per heavy atom. The summed E-state index contributed by atoms with van der Waals surface area (Å²) in [6, 6.07) is 0. The maximum atomic E-state index is 11.6. The Labute approximate surface area is 80.1 Å². The van der Waals surface area contributed by atoms with E-state index < -0.39 is 11.2 Å². The van der Waals surface area contributed by atoms with Crippen LogP contribution in [0.15, 0.2) is 0 Å². The van der Waals surface area contributed by atoms with E-state index >= 15 is 0 Å². The third-order valence-electron chi connectivity index (χ3n) is 1.83. The predicted molar refractivity (Wildman–Crippen MR) is 56.8 cm³/mol. The minimum Gasteiger partial charge on any atom is -0.616 e. The van der Waals surface area contributed by atoms with Gasteiger partial charge in [-0.05, 0) is 37.4 Å². The Bertz CT molecular complexity index is 135. The average Bonchev–Trinajstić information content (AvgIpc) is 1.80. The zero-order valence-electron chi connectivity index (χ0n) is 9.23. The lowest BCUT2D eigenvalue weighted by molar-refractivity contribution is 0.329. The van der Waals surface area contributed by atoms with E-state index in [1.54, 1.807) is 0 Å². The van der Waals surface area contributed by atoms with Crippen LogP contribution in [0, 0.1) is 5.41 Å². The van der Waals surface area contributed by atoms with Crippen molar-refractivity contribution in [1.29, 1.82) is 0 Å². The van der Waals surface area contributed by atoms with E-state index in [1.165, 1.54) is 0 Å². The monoisotopic (exact) mass is 190 g/mol. The van der Waals surface area contributed by atoms with Crippen LogP contribution in [0.1, 0.15) is 48.0 Å². The Kier molecular flexibility index (Phi) is 4.12. The summed E-state index contributed by atoms with van der Waals surface area (Å²) in [5.41, 5.74) is 0.272. The van der Waals surface area contributed by atoms with E-state index in [2.05, 4.69) is 34.6 Å². The van der Waals surface area contributed by atoms with Gasteiger partial charge in [0.1, 0.15) is 10.5 Å². The molecule has 0 saturated heterocycles. The molecule has 1 atom stereocenters. The fraction of sp³-hybridized carbons (Fsp3) is 1.00. The van der Waals surface area contributed by atoms with Gasteiger partial charge >= 0.3 is 0 Å². The first kappa shape index (κ1) is 12.3. The smallest absolute Gasteiger partial charge is 0.120 e. The topological polar surface area (TPSA) is 23.1 Å². The summed E-state index contributed by atoms with van der Waals surface area (Å²) in [5, 5.41) is 0. The second kappa shape index (κ2) is 4.01. The van der Waals surface area contributed by atoms with Gasteiger partial charge in [0.2, 0.25) is 0 Å². The highest BCUT2D eigenvalue weighted by molar-refractivity contribution is 7.92. The van der Waals surface area contributed by atoms with Crippen LogP contribution in [0.2, 0.25) is 0 Å². The van der Waals surface area contributed by atoms with Gasteiger partial charge in [0, 0.05) is 6.42 Å². The molecule has 1 unspecified atom stereocenters. The third-order valence-corrected chi connectivity index (χ3v) is 3.74. The van der Waals surface area contributed by atoms with Crippen LogP contribution in [0.3, 0.4) is 0 Å². The summed E-state index contributed by atoms with van der Waals surface area (Å²) >= 11 is -0.684. The van der Waals surface area contributed by atoms with E-state index in [4.69, 9.17) is 0 Å². The van der Waals surface area contributed by atoms with Crippen LogP contribution >= 0.6 is 0 Å². The minimum atomic E-state index is -0.684. The van der Waals surface area contributed by atoms with Crippen molar-refractivity contribution in [2.75, 3.05) is 5.75 Å². The summed E-state index contributed by atoms with van der Waals surface area (Å²) in [6.07, 6.45) is 1.01. The van der Waals surface area contributed by atoms with Crippen molar-refractivity contribution in [1.82, 2.24) is 0 Å². The molecule has 0 heterocycles. The van der Waals surface area contributed by atoms with Gasteiger partial charge in [-0.3, -0.25) is 0 Å². The van der Waals surface area contributed by atoms with Gasteiger partial charge < -0.3 is 4.55 Å². The molecule has 0 amide bonds. The van der Waals surface area contributed by atoms with Crippen molar-refractivity contribution < 1.29 is 4.55 Å². The van der Waals surface area contributed by atoms with Gasteiger partial charge in [-0.25, -0.2) is 0 Å². The lowest BCUT2D eigenvalue weighted by Crippen LogP contribution is -2.37. The summed E-state index contributed by atoms with van der Waals surface area (Å²) in [7, 11) is 0. The zero-order chi connectivity index (χ0) is 9.99. The second-order valence-corrected chi connectivity index (χ2v) is 7.50. The minimum absolute atomic E-state index is 0.0347. The average molecular weight is 190 g/mol. The van der Waals surface area contributed by atoms with Gasteiger partial charge in [0.05, 0.1) is 0 Å². The molecule has 0 radical (unpaired) electrons. The molecule has 0 aromatic carbocycles. The quantitative estimate of drug-likeness (QED) is 0.627. The van der Waals surface area contributed by atoms with Crippen LogP contribution in [0.5, 0.6) is 0 Å². The van der Waals surface area contributed by atoms with Crippen molar-refractivity contribution in [3.63, 3.8) is 0 Å². The van der Waals surface area contributed by atoms with E-state index in [1.807, 2.05) is 6.92 Å². The molecule has 0 N–H and O–H groups in total. The largest absolute Gasteiger partial charge is 0.616 e. The molecule has 0 aromatic heterocycles. The van der Waals surface area contributed by atoms with Crippen molar-refractivity contribution in [2.45, 2.75) is 52.7 Å². The molecule has 0 rings (SSSR count). The number of rotatable bonds is 3. The van der Waals surface area contributed by atoms with E-state index in [9.17, 15) is 4.55 Å². The van der Waals surface area contributed by atoms with E-state index in [0.717, 1.165) is 12.2 Å². The Hall–Kier alpha value is 0.310. The maximum Gasteiger partial charge on any atom is 0.120 e. The highest BCUT2D eigenvalue weighted by Gasteiger charge is 2.34. The molecule has 0 saturated carbocycles. The number of hydrogen-bond donors (Lipinski definition) is 0. The van der Waals surface area contributed by atoms with Crippen molar-refractivity contribution >= 4 is 11.2 Å². The predicted octanol–water partition coefficient (Wildman–Crippen LogP) is 2.97. The van der Waals surface area contributed by atoms with Crippen LogP contribution in [0.25, 0.3) is 0 Å². The molecule has 0 aliphatic rings. The van der Waals surface area contributed by atoms with Gasteiger partial charge in [0.15, 0.2) is 0 Å². The summed E-state index contributed by atoms with van der Waals surface area (Å²) in [4.78, 5) is 0. The summed E-state index contributed by atoms with van der Waals surface area (Å²) in [5.74, 6) is 0.767. The standard InChI is InChI=1S/C10H22OS/c1-7-12(11)10(5,6)8-9(2,3)4/h7-8H2,1-6H3. The fourth-order valence-corrected chi connectivity index (χ4v) is 3.12. The van der Waals surface area contributed by atoms with Gasteiger partial charge in [-0.2, -0.15) is 0 Å².